The molecule has 1 heterocycles. The molecule has 4 rings (SSSR count). The van der Waals surface area contributed by atoms with Crippen molar-refractivity contribution in [3.05, 3.63) is 82.9 Å². The zero-order valence-corrected chi connectivity index (χ0v) is 22.5. The molecule has 1 fully saturated rings. The maximum Gasteiger partial charge on any atom is 0.275 e. The molecule has 0 radical (unpaired) electrons. The van der Waals surface area contributed by atoms with Gasteiger partial charge in [0.1, 0.15) is 11.7 Å². The number of halogens is 1. The molecule has 9 heteroatoms. The lowest BCUT2D eigenvalue weighted by Gasteiger charge is -2.33. The molecule has 0 unspecified atom stereocenters. The lowest BCUT2D eigenvalue weighted by molar-refractivity contribution is -0.126. The maximum absolute atomic E-state index is 13.9. The molecule has 38 heavy (non-hydrogen) atoms. The molecule has 1 aliphatic rings. The van der Waals surface area contributed by atoms with Gasteiger partial charge in [0.15, 0.2) is 11.5 Å². The van der Waals surface area contributed by atoms with E-state index < -0.39 is 6.04 Å². The fourth-order valence-electron chi connectivity index (χ4n) is 4.84. The molecule has 1 saturated carbocycles. The second-order valence-corrected chi connectivity index (χ2v) is 9.76. The van der Waals surface area contributed by atoms with Crippen LogP contribution in [0.1, 0.15) is 59.8 Å². The highest BCUT2D eigenvalue weighted by Gasteiger charge is 2.34. The van der Waals surface area contributed by atoms with E-state index in [0.29, 0.717) is 28.5 Å². The Morgan fingerprint density at radius 3 is 2.42 bits per heavy atom. The maximum atomic E-state index is 13.9. The third kappa shape index (κ3) is 6.81. The monoisotopic (exact) mass is 536 g/mol. The van der Waals surface area contributed by atoms with Crippen molar-refractivity contribution in [1.82, 2.24) is 20.2 Å². The Hall–Kier alpha value is -3.65. The van der Waals surface area contributed by atoms with Crippen LogP contribution in [0.5, 0.6) is 11.5 Å². The smallest absolute Gasteiger partial charge is 0.275 e. The summed E-state index contributed by atoms with van der Waals surface area (Å²) >= 11 is 6.16. The van der Waals surface area contributed by atoms with E-state index in [9.17, 15) is 9.59 Å². The van der Waals surface area contributed by atoms with E-state index in [-0.39, 0.29) is 30.1 Å². The summed E-state index contributed by atoms with van der Waals surface area (Å²) in [7, 11) is 3.16. The van der Waals surface area contributed by atoms with Crippen LogP contribution in [0.4, 0.5) is 0 Å². The number of nitrogens with zero attached hydrogens (tertiary/aromatic N) is 3. The van der Waals surface area contributed by atoms with Crippen molar-refractivity contribution < 1.29 is 19.1 Å². The number of hydrogen-bond acceptors (Lipinski definition) is 6. The molecular formula is C29H33ClN4O4. The van der Waals surface area contributed by atoms with E-state index in [0.717, 1.165) is 31.2 Å². The molecule has 2 aromatic carbocycles. The van der Waals surface area contributed by atoms with Crippen LogP contribution in [-0.2, 0) is 11.2 Å². The van der Waals surface area contributed by atoms with Crippen molar-refractivity contribution >= 4 is 23.4 Å². The van der Waals surface area contributed by atoms with Crippen LogP contribution in [0.15, 0.2) is 61.1 Å². The van der Waals surface area contributed by atoms with Crippen LogP contribution in [0.25, 0.3) is 0 Å². The van der Waals surface area contributed by atoms with E-state index in [1.54, 1.807) is 43.4 Å². The first-order valence-electron chi connectivity index (χ1n) is 12.8. The van der Waals surface area contributed by atoms with Crippen LogP contribution >= 0.6 is 11.6 Å². The van der Waals surface area contributed by atoms with Crippen molar-refractivity contribution in [1.29, 1.82) is 0 Å². The number of benzene rings is 2. The van der Waals surface area contributed by atoms with Crippen molar-refractivity contribution in [3.63, 3.8) is 0 Å². The van der Waals surface area contributed by atoms with Gasteiger partial charge < -0.3 is 19.7 Å². The molecule has 1 aromatic heterocycles. The van der Waals surface area contributed by atoms with Crippen LogP contribution in [0, 0.1) is 0 Å². The predicted octanol–water partition coefficient (Wildman–Crippen LogP) is 5.02. The van der Waals surface area contributed by atoms with E-state index in [2.05, 4.69) is 15.3 Å². The van der Waals surface area contributed by atoms with Gasteiger partial charge in [-0.15, -0.1) is 0 Å². The number of amides is 2. The number of rotatable bonds is 10. The van der Waals surface area contributed by atoms with Crippen LogP contribution in [0.3, 0.4) is 0 Å². The molecule has 0 aliphatic heterocycles. The van der Waals surface area contributed by atoms with Gasteiger partial charge in [0.05, 0.1) is 20.4 Å². The van der Waals surface area contributed by atoms with Crippen LogP contribution in [-0.4, -0.2) is 53.5 Å². The molecule has 8 nitrogen and oxygen atoms in total. The number of ether oxygens (including phenoxy) is 2. The van der Waals surface area contributed by atoms with Gasteiger partial charge in [0, 0.05) is 30.0 Å². The first-order chi connectivity index (χ1) is 18.5. The summed E-state index contributed by atoms with van der Waals surface area (Å²) in [4.78, 5) is 37.6. The van der Waals surface area contributed by atoms with Gasteiger partial charge in [0.25, 0.3) is 5.91 Å². The lowest BCUT2D eigenvalue weighted by Crippen LogP contribution is -2.47. The summed E-state index contributed by atoms with van der Waals surface area (Å²) in [5, 5.41) is 3.77. The van der Waals surface area contributed by atoms with Gasteiger partial charge in [-0.1, -0.05) is 49.1 Å². The Morgan fingerprint density at radius 2 is 1.76 bits per heavy atom. The van der Waals surface area contributed by atoms with E-state index in [1.165, 1.54) is 25.0 Å². The van der Waals surface area contributed by atoms with Crippen molar-refractivity contribution in [2.45, 2.75) is 50.6 Å². The molecular weight excluding hydrogens is 504 g/mol. The third-order valence-electron chi connectivity index (χ3n) is 6.83. The summed E-state index contributed by atoms with van der Waals surface area (Å²) in [5.74, 6) is 0.622. The van der Waals surface area contributed by atoms with E-state index in [4.69, 9.17) is 21.1 Å². The van der Waals surface area contributed by atoms with Gasteiger partial charge in [-0.2, -0.15) is 0 Å². The fourth-order valence-corrected chi connectivity index (χ4v) is 4.96. The second-order valence-electron chi connectivity index (χ2n) is 9.33. The number of carbonyl (C=O) groups excluding carboxylic acids is 2. The highest BCUT2D eigenvalue weighted by molar-refractivity contribution is 6.30. The largest absolute Gasteiger partial charge is 0.493 e. The molecule has 200 valence electrons. The van der Waals surface area contributed by atoms with Gasteiger partial charge >= 0.3 is 0 Å². The Balaban J connectivity index is 1.69. The first-order valence-corrected chi connectivity index (χ1v) is 13.2. The summed E-state index contributed by atoms with van der Waals surface area (Å²) in [6.07, 6.45) is 10.1. The minimum absolute atomic E-state index is 0.0883. The normalized spacial score (nSPS) is 14.4. The summed E-state index contributed by atoms with van der Waals surface area (Å²) in [6, 6.07) is 11.9. The SMILES string of the molecule is COc1ccc(CCN(C(=O)c2cnccn2)[C@@H](C(=O)NC2CCCCC2)c2ccc(Cl)cc2)cc1OC. The Kier molecular flexibility index (Phi) is 9.54. The van der Waals surface area contributed by atoms with E-state index >= 15 is 0 Å². The van der Waals surface area contributed by atoms with Crippen LogP contribution in [0.2, 0.25) is 5.02 Å². The molecule has 1 N–H and O–H groups in total. The third-order valence-corrected chi connectivity index (χ3v) is 7.08. The van der Waals surface area contributed by atoms with Gasteiger partial charge in [-0.05, 0) is 54.7 Å². The number of carbonyl (C=O) groups is 2. The average molecular weight is 537 g/mol. The molecule has 1 atom stereocenters. The number of aromatic nitrogens is 2. The van der Waals surface area contributed by atoms with E-state index in [1.807, 2.05) is 18.2 Å². The molecule has 0 bridgehead atoms. The molecule has 0 spiro atoms. The average Bonchev–Trinajstić information content (AvgIpc) is 2.96. The molecule has 1 aliphatic carbocycles. The Bertz CT molecular complexity index is 1220. The Morgan fingerprint density at radius 1 is 1.03 bits per heavy atom. The minimum atomic E-state index is -0.871. The number of nitrogens with one attached hydrogen (secondary N) is 1. The molecule has 3 aromatic rings. The van der Waals surface area contributed by atoms with Crippen molar-refractivity contribution in [2.24, 2.45) is 0 Å². The zero-order chi connectivity index (χ0) is 26.9. The number of hydrogen-bond donors (Lipinski definition) is 1. The number of methoxy groups -OCH3 is 2. The fraction of sp³-hybridized carbons (Fsp3) is 0.379. The summed E-state index contributed by atoms with van der Waals surface area (Å²) in [6.45, 7) is 0.260. The first kappa shape index (κ1) is 27.4. The highest BCUT2D eigenvalue weighted by atomic mass is 35.5. The predicted molar refractivity (Wildman–Crippen MR) is 146 cm³/mol. The Labute approximate surface area is 228 Å². The standard InChI is InChI=1S/C29H33ClN4O4/c1-37-25-13-8-20(18-26(25)38-2)14-17-34(29(36)24-19-31-15-16-32-24)27(21-9-11-22(30)12-10-21)28(35)33-23-6-4-3-5-7-23/h8-13,15-16,18-19,23,27H,3-7,14,17H2,1-2H3,(H,33,35)/t27-/m1/s1. The zero-order valence-electron chi connectivity index (χ0n) is 21.7. The second kappa shape index (κ2) is 13.2. The highest BCUT2D eigenvalue weighted by Crippen LogP contribution is 2.30. The summed E-state index contributed by atoms with van der Waals surface area (Å²) in [5.41, 5.74) is 1.78. The molecule has 0 saturated heterocycles. The van der Waals surface area contributed by atoms with Crippen molar-refractivity contribution in [2.75, 3.05) is 20.8 Å². The topological polar surface area (TPSA) is 93.7 Å². The van der Waals surface area contributed by atoms with Gasteiger partial charge in [0.2, 0.25) is 5.91 Å². The quantitative estimate of drug-likeness (QED) is 0.391. The van der Waals surface area contributed by atoms with Crippen molar-refractivity contribution in [3.8, 4) is 11.5 Å². The molecule has 2 amide bonds. The van der Waals surface area contributed by atoms with Crippen LogP contribution < -0.4 is 14.8 Å². The summed E-state index contributed by atoms with van der Waals surface area (Å²) < 4.78 is 10.8. The lowest BCUT2D eigenvalue weighted by atomic mass is 9.94. The van der Waals surface area contributed by atoms with Gasteiger partial charge in [-0.25, -0.2) is 4.98 Å². The van der Waals surface area contributed by atoms with Gasteiger partial charge in [-0.3, -0.25) is 14.6 Å². The minimum Gasteiger partial charge on any atom is -0.493 e.